The highest BCUT2D eigenvalue weighted by Gasteiger charge is 2.17. The summed E-state index contributed by atoms with van der Waals surface area (Å²) in [6.45, 7) is 8.47. The van der Waals surface area contributed by atoms with Gasteiger partial charge in [-0.2, -0.15) is 0 Å². The van der Waals surface area contributed by atoms with Gasteiger partial charge < -0.3 is 15.0 Å². The molecule has 1 unspecified atom stereocenters. The number of morpholine rings is 1. The number of ether oxygens (including phenoxy) is 1. The molecule has 0 aliphatic carbocycles. The molecule has 0 radical (unpaired) electrons. The van der Waals surface area contributed by atoms with Crippen LogP contribution in [0.3, 0.4) is 0 Å². The highest BCUT2D eigenvalue weighted by molar-refractivity contribution is 4.73. The van der Waals surface area contributed by atoms with E-state index in [1.807, 2.05) is 0 Å². The van der Waals surface area contributed by atoms with Crippen LogP contribution in [0.15, 0.2) is 0 Å². The van der Waals surface area contributed by atoms with Crippen molar-refractivity contribution < 1.29 is 4.74 Å². The van der Waals surface area contributed by atoms with Crippen molar-refractivity contribution in [1.29, 1.82) is 0 Å². The summed E-state index contributed by atoms with van der Waals surface area (Å²) in [5.74, 6) is 0. The molecule has 1 atom stereocenters. The Bertz CT molecular complexity index is 148. The summed E-state index contributed by atoms with van der Waals surface area (Å²) in [6, 6.07) is 0.658. The second-order valence-corrected chi connectivity index (χ2v) is 4.18. The first-order valence-corrected chi connectivity index (χ1v) is 5.79. The van der Waals surface area contributed by atoms with Crippen LogP contribution in [0.25, 0.3) is 0 Å². The minimum absolute atomic E-state index is 0.384. The smallest absolute Gasteiger partial charge is 0.0826 e. The van der Waals surface area contributed by atoms with E-state index in [0.29, 0.717) is 12.1 Å². The van der Waals surface area contributed by atoms with Crippen LogP contribution in [0.1, 0.15) is 26.7 Å². The summed E-state index contributed by atoms with van der Waals surface area (Å²) in [5.41, 5.74) is 0. The van der Waals surface area contributed by atoms with Crippen LogP contribution in [0.4, 0.5) is 0 Å². The zero-order valence-corrected chi connectivity index (χ0v) is 9.75. The number of hydrogen-bond donors (Lipinski definition) is 1. The summed E-state index contributed by atoms with van der Waals surface area (Å²) in [6.07, 6.45) is 2.80. The van der Waals surface area contributed by atoms with E-state index in [0.717, 1.165) is 26.2 Å². The van der Waals surface area contributed by atoms with Gasteiger partial charge >= 0.3 is 0 Å². The molecule has 14 heavy (non-hydrogen) atoms. The Kier molecular flexibility index (Phi) is 5.45. The van der Waals surface area contributed by atoms with Gasteiger partial charge in [0.05, 0.1) is 12.7 Å². The number of hydrogen-bond acceptors (Lipinski definition) is 3. The summed E-state index contributed by atoms with van der Waals surface area (Å²) < 4.78 is 5.68. The fourth-order valence-electron chi connectivity index (χ4n) is 1.87. The van der Waals surface area contributed by atoms with E-state index < -0.39 is 0 Å². The van der Waals surface area contributed by atoms with Crippen molar-refractivity contribution >= 4 is 0 Å². The molecular formula is C11H24N2O. The summed E-state index contributed by atoms with van der Waals surface area (Å²) in [5, 5.41) is 3.56. The maximum Gasteiger partial charge on any atom is 0.0826 e. The minimum Gasteiger partial charge on any atom is -0.374 e. The highest BCUT2D eigenvalue weighted by Crippen LogP contribution is 2.03. The van der Waals surface area contributed by atoms with Gasteiger partial charge in [-0.1, -0.05) is 13.8 Å². The largest absolute Gasteiger partial charge is 0.374 e. The predicted octanol–water partition coefficient (Wildman–Crippen LogP) is 1.10. The Balaban J connectivity index is 2.16. The zero-order chi connectivity index (χ0) is 10.4. The van der Waals surface area contributed by atoms with Crippen LogP contribution in [0.5, 0.6) is 0 Å². The molecule has 1 saturated heterocycles. The first kappa shape index (κ1) is 12.0. The SMILES string of the molecule is CCC(CC)NCC1CN(C)CCO1. The molecule has 1 heterocycles. The quantitative estimate of drug-likeness (QED) is 0.719. The normalized spacial score (nSPS) is 24.4. The monoisotopic (exact) mass is 200 g/mol. The number of likely N-dealkylation sites (N-methyl/N-ethyl adjacent to an activating group) is 1. The molecule has 0 amide bonds. The van der Waals surface area contributed by atoms with E-state index >= 15 is 0 Å². The van der Waals surface area contributed by atoms with Crippen molar-refractivity contribution in [1.82, 2.24) is 10.2 Å². The molecule has 0 aromatic rings. The summed E-state index contributed by atoms with van der Waals surface area (Å²) >= 11 is 0. The van der Waals surface area contributed by atoms with Crippen molar-refractivity contribution in [3.63, 3.8) is 0 Å². The molecule has 1 aliphatic rings. The Morgan fingerprint density at radius 2 is 2.14 bits per heavy atom. The Morgan fingerprint density at radius 1 is 1.43 bits per heavy atom. The third-order valence-corrected chi connectivity index (χ3v) is 2.96. The van der Waals surface area contributed by atoms with Crippen LogP contribution >= 0.6 is 0 Å². The molecule has 0 bridgehead atoms. The first-order chi connectivity index (χ1) is 6.76. The molecule has 3 nitrogen and oxygen atoms in total. The van der Waals surface area contributed by atoms with E-state index in [9.17, 15) is 0 Å². The molecule has 1 N–H and O–H groups in total. The average molecular weight is 200 g/mol. The van der Waals surface area contributed by atoms with Crippen molar-refractivity contribution in [2.24, 2.45) is 0 Å². The van der Waals surface area contributed by atoms with Crippen LogP contribution in [-0.4, -0.2) is 50.3 Å². The molecule has 0 saturated carbocycles. The molecule has 0 aromatic heterocycles. The Morgan fingerprint density at radius 3 is 2.71 bits per heavy atom. The van der Waals surface area contributed by atoms with Gasteiger partial charge in [0, 0.05) is 25.7 Å². The van der Waals surface area contributed by atoms with Gasteiger partial charge in [0.15, 0.2) is 0 Å². The molecule has 1 rings (SSSR count). The third-order valence-electron chi connectivity index (χ3n) is 2.96. The lowest BCUT2D eigenvalue weighted by Gasteiger charge is -2.31. The van der Waals surface area contributed by atoms with E-state index in [1.54, 1.807) is 0 Å². The maximum absolute atomic E-state index is 5.68. The first-order valence-electron chi connectivity index (χ1n) is 5.79. The van der Waals surface area contributed by atoms with E-state index in [1.165, 1.54) is 12.8 Å². The van der Waals surface area contributed by atoms with Crippen LogP contribution in [0.2, 0.25) is 0 Å². The van der Waals surface area contributed by atoms with E-state index in [-0.39, 0.29) is 0 Å². The number of nitrogens with one attached hydrogen (secondary N) is 1. The van der Waals surface area contributed by atoms with Crippen LogP contribution in [0, 0.1) is 0 Å². The second kappa shape index (κ2) is 6.38. The molecular weight excluding hydrogens is 176 g/mol. The van der Waals surface area contributed by atoms with Crippen LogP contribution < -0.4 is 5.32 Å². The van der Waals surface area contributed by atoms with Gasteiger partial charge in [0.1, 0.15) is 0 Å². The summed E-state index contributed by atoms with van der Waals surface area (Å²) in [7, 11) is 2.16. The lowest BCUT2D eigenvalue weighted by atomic mass is 10.1. The minimum atomic E-state index is 0.384. The predicted molar refractivity (Wildman–Crippen MR) is 59.6 cm³/mol. The summed E-state index contributed by atoms with van der Waals surface area (Å²) in [4.78, 5) is 2.34. The van der Waals surface area contributed by atoms with Gasteiger partial charge in [0.25, 0.3) is 0 Å². The van der Waals surface area contributed by atoms with Gasteiger partial charge in [-0.25, -0.2) is 0 Å². The van der Waals surface area contributed by atoms with Gasteiger partial charge in [-0.3, -0.25) is 0 Å². The molecule has 1 fully saturated rings. The average Bonchev–Trinajstić information content (AvgIpc) is 2.19. The molecule has 3 heteroatoms. The van der Waals surface area contributed by atoms with Crippen molar-refractivity contribution in [2.45, 2.75) is 38.8 Å². The Labute approximate surface area is 87.8 Å². The second-order valence-electron chi connectivity index (χ2n) is 4.18. The zero-order valence-electron chi connectivity index (χ0n) is 9.75. The highest BCUT2D eigenvalue weighted by atomic mass is 16.5. The van der Waals surface area contributed by atoms with Gasteiger partial charge in [-0.15, -0.1) is 0 Å². The molecule has 0 spiro atoms. The topological polar surface area (TPSA) is 24.5 Å². The lowest BCUT2D eigenvalue weighted by Crippen LogP contribution is -2.46. The van der Waals surface area contributed by atoms with Crippen LogP contribution in [-0.2, 0) is 4.74 Å². The van der Waals surface area contributed by atoms with Gasteiger partial charge in [-0.05, 0) is 19.9 Å². The van der Waals surface area contributed by atoms with Crippen molar-refractivity contribution in [2.75, 3.05) is 33.3 Å². The maximum atomic E-state index is 5.68. The number of rotatable bonds is 5. The number of nitrogens with zero attached hydrogens (tertiary/aromatic N) is 1. The standard InChI is InChI=1S/C11H24N2O/c1-4-10(5-2)12-8-11-9-13(3)6-7-14-11/h10-12H,4-9H2,1-3H3. The van der Waals surface area contributed by atoms with E-state index in [2.05, 4.69) is 31.1 Å². The molecule has 0 aromatic carbocycles. The lowest BCUT2D eigenvalue weighted by molar-refractivity contribution is -0.0193. The van der Waals surface area contributed by atoms with Crippen molar-refractivity contribution in [3.05, 3.63) is 0 Å². The van der Waals surface area contributed by atoms with Crippen molar-refractivity contribution in [3.8, 4) is 0 Å². The fraction of sp³-hybridized carbons (Fsp3) is 1.00. The van der Waals surface area contributed by atoms with E-state index in [4.69, 9.17) is 4.74 Å². The molecule has 1 aliphatic heterocycles. The van der Waals surface area contributed by atoms with Gasteiger partial charge in [0.2, 0.25) is 0 Å². The fourth-order valence-corrected chi connectivity index (χ4v) is 1.87. The molecule has 84 valence electrons. The Hall–Kier alpha value is -0.120. The third kappa shape index (κ3) is 3.95.